The van der Waals surface area contributed by atoms with Crippen molar-refractivity contribution in [3.05, 3.63) is 66.0 Å². The summed E-state index contributed by atoms with van der Waals surface area (Å²) in [4.78, 5) is 11.8. The van der Waals surface area contributed by atoms with E-state index in [4.69, 9.17) is 0 Å². The molecule has 0 saturated carbocycles. The van der Waals surface area contributed by atoms with E-state index in [0.29, 0.717) is 5.69 Å². The highest BCUT2D eigenvalue weighted by Gasteiger charge is 2.07. The van der Waals surface area contributed by atoms with Gasteiger partial charge < -0.3 is 10.6 Å². The van der Waals surface area contributed by atoms with E-state index in [0.717, 1.165) is 12.8 Å². The fraction of sp³-hybridized carbons (Fsp3) is 0.235. The van der Waals surface area contributed by atoms with Crippen LogP contribution >= 0.6 is 0 Å². The Morgan fingerprint density at radius 3 is 2.43 bits per heavy atom. The Balaban J connectivity index is 1.75. The maximum Gasteiger partial charge on any atom is 0.319 e. The zero-order valence-electron chi connectivity index (χ0n) is 12.0. The van der Waals surface area contributed by atoms with E-state index < -0.39 is 0 Å². The summed E-state index contributed by atoms with van der Waals surface area (Å²) >= 11 is 0. The third kappa shape index (κ3) is 5.26. The Hall–Kier alpha value is -2.36. The SMILES string of the molecule is C[C@@H](CCc1ccccc1)NC(=O)Nc1ccc(F)cc1. The van der Waals surface area contributed by atoms with Crippen LogP contribution in [0.2, 0.25) is 0 Å². The first-order chi connectivity index (χ1) is 10.1. The molecule has 0 spiro atoms. The Labute approximate surface area is 124 Å². The van der Waals surface area contributed by atoms with Crippen LogP contribution in [-0.4, -0.2) is 12.1 Å². The molecule has 0 unspecified atom stereocenters. The van der Waals surface area contributed by atoms with Gasteiger partial charge in [-0.3, -0.25) is 0 Å². The minimum atomic E-state index is -0.322. The zero-order valence-corrected chi connectivity index (χ0v) is 12.0. The molecule has 0 aliphatic carbocycles. The van der Waals surface area contributed by atoms with E-state index in [2.05, 4.69) is 22.8 Å². The van der Waals surface area contributed by atoms with Crippen LogP contribution < -0.4 is 10.6 Å². The molecular weight excluding hydrogens is 267 g/mol. The molecule has 1 atom stereocenters. The van der Waals surface area contributed by atoms with Gasteiger partial charge in [0.15, 0.2) is 0 Å². The molecule has 2 aromatic rings. The normalized spacial score (nSPS) is 11.7. The van der Waals surface area contributed by atoms with Crippen molar-refractivity contribution in [2.24, 2.45) is 0 Å². The van der Waals surface area contributed by atoms with Crippen molar-refractivity contribution in [1.29, 1.82) is 0 Å². The number of halogens is 1. The molecule has 2 amide bonds. The molecule has 0 bridgehead atoms. The molecule has 0 saturated heterocycles. The second-order valence-electron chi connectivity index (χ2n) is 5.03. The van der Waals surface area contributed by atoms with E-state index in [1.54, 1.807) is 0 Å². The van der Waals surface area contributed by atoms with E-state index in [1.807, 2.05) is 25.1 Å². The predicted molar refractivity (Wildman–Crippen MR) is 82.8 cm³/mol. The van der Waals surface area contributed by atoms with Crippen molar-refractivity contribution in [3.63, 3.8) is 0 Å². The predicted octanol–water partition coefficient (Wildman–Crippen LogP) is 3.97. The lowest BCUT2D eigenvalue weighted by Crippen LogP contribution is -2.36. The van der Waals surface area contributed by atoms with Gasteiger partial charge in [-0.15, -0.1) is 0 Å². The minimum Gasteiger partial charge on any atom is -0.335 e. The molecule has 0 aliphatic rings. The number of amides is 2. The monoisotopic (exact) mass is 286 g/mol. The highest BCUT2D eigenvalue weighted by atomic mass is 19.1. The molecule has 0 fully saturated rings. The Morgan fingerprint density at radius 2 is 1.76 bits per heavy atom. The van der Waals surface area contributed by atoms with Crippen LogP contribution in [0.3, 0.4) is 0 Å². The fourth-order valence-corrected chi connectivity index (χ4v) is 2.02. The fourth-order valence-electron chi connectivity index (χ4n) is 2.02. The third-order valence-corrected chi connectivity index (χ3v) is 3.19. The number of rotatable bonds is 5. The number of benzene rings is 2. The zero-order chi connectivity index (χ0) is 15.1. The summed E-state index contributed by atoms with van der Waals surface area (Å²) in [6.07, 6.45) is 1.78. The summed E-state index contributed by atoms with van der Waals surface area (Å²) in [5.74, 6) is -0.322. The average molecular weight is 286 g/mol. The van der Waals surface area contributed by atoms with Crippen molar-refractivity contribution in [3.8, 4) is 0 Å². The van der Waals surface area contributed by atoms with Gasteiger partial charge in [-0.1, -0.05) is 30.3 Å². The molecule has 110 valence electrons. The third-order valence-electron chi connectivity index (χ3n) is 3.19. The summed E-state index contributed by atoms with van der Waals surface area (Å²) in [5, 5.41) is 5.55. The van der Waals surface area contributed by atoms with Crippen molar-refractivity contribution in [2.75, 3.05) is 5.32 Å². The Kier molecular flexibility index (Phi) is 5.32. The first-order valence-electron chi connectivity index (χ1n) is 7.00. The summed E-state index contributed by atoms with van der Waals surface area (Å²) in [6.45, 7) is 1.97. The van der Waals surface area contributed by atoms with Gasteiger partial charge >= 0.3 is 6.03 Å². The van der Waals surface area contributed by atoms with Crippen LogP contribution in [0.25, 0.3) is 0 Å². The number of aryl methyl sites for hydroxylation is 1. The van der Waals surface area contributed by atoms with E-state index >= 15 is 0 Å². The smallest absolute Gasteiger partial charge is 0.319 e. The number of hydrogen-bond acceptors (Lipinski definition) is 1. The van der Waals surface area contributed by atoms with E-state index in [-0.39, 0.29) is 17.9 Å². The maximum atomic E-state index is 12.8. The van der Waals surface area contributed by atoms with E-state index in [1.165, 1.54) is 29.8 Å². The molecule has 0 radical (unpaired) electrons. The van der Waals surface area contributed by atoms with Crippen LogP contribution in [0.4, 0.5) is 14.9 Å². The van der Waals surface area contributed by atoms with Gasteiger partial charge in [-0.25, -0.2) is 9.18 Å². The number of hydrogen-bond donors (Lipinski definition) is 2. The van der Waals surface area contributed by atoms with Gasteiger partial charge in [0.05, 0.1) is 0 Å². The van der Waals surface area contributed by atoms with Crippen LogP contribution in [0.15, 0.2) is 54.6 Å². The highest BCUT2D eigenvalue weighted by Crippen LogP contribution is 2.08. The molecule has 0 heterocycles. The number of anilines is 1. The lowest BCUT2D eigenvalue weighted by Gasteiger charge is -2.14. The summed E-state index contributed by atoms with van der Waals surface area (Å²) in [7, 11) is 0. The Morgan fingerprint density at radius 1 is 1.10 bits per heavy atom. The molecule has 21 heavy (non-hydrogen) atoms. The lowest BCUT2D eigenvalue weighted by molar-refractivity contribution is 0.248. The summed E-state index contributed by atoms with van der Waals surface area (Å²) < 4.78 is 12.8. The first kappa shape index (κ1) is 15.0. The van der Waals surface area contributed by atoms with Gasteiger partial charge in [0.25, 0.3) is 0 Å². The topological polar surface area (TPSA) is 41.1 Å². The minimum absolute atomic E-state index is 0.0608. The average Bonchev–Trinajstić information content (AvgIpc) is 2.48. The highest BCUT2D eigenvalue weighted by molar-refractivity contribution is 5.89. The molecule has 0 aromatic heterocycles. The second kappa shape index (κ2) is 7.43. The maximum absolute atomic E-state index is 12.8. The molecule has 4 heteroatoms. The van der Waals surface area contributed by atoms with Crippen molar-refractivity contribution in [1.82, 2.24) is 5.32 Å². The van der Waals surface area contributed by atoms with Crippen molar-refractivity contribution >= 4 is 11.7 Å². The van der Waals surface area contributed by atoms with Gasteiger partial charge in [0.2, 0.25) is 0 Å². The Bertz CT molecular complexity index is 569. The van der Waals surface area contributed by atoms with Crippen LogP contribution in [0.1, 0.15) is 18.9 Å². The molecule has 2 rings (SSSR count). The molecule has 0 aliphatic heterocycles. The summed E-state index contributed by atoms with van der Waals surface area (Å²) in [6, 6.07) is 15.6. The van der Waals surface area contributed by atoms with Crippen LogP contribution in [0, 0.1) is 5.82 Å². The van der Waals surface area contributed by atoms with Gasteiger partial charge in [-0.2, -0.15) is 0 Å². The quantitative estimate of drug-likeness (QED) is 0.858. The number of carbonyl (C=O) groups excluding carboxylic acids is 1. The standard InChI is InChI=1S/C17H19FN2O/c1-13(7-8-14-5-3-2-4-6-14)19-17(21)20-16-11-9-15(18)10-12-16/h2-6,9-13H,7-8H2,1H3,(H2,19,20,21)/t13-/m0/s1. The number of urea groups is 1. The number of carbonyl (C=O) groups is 1. The van der Waals surface area contributed by atoms with Gasteiger partial charge in [-0.05, 0) is 49.6 Å². The molecule has 2 aromatic carbocycles. The molecular formula is C17H19FN2O. The van der Waals surface area contributed by atoms with E-state index in [9.17, 15) is 9.18 Å². The molecule has 2 N–H and O–H groups in total. The van der Waals surface area contributed by atoms with Crippen molar-refractivity contribution < 1.29 is 9.18 Å². The second-order valence-corrected chi connectivity index (χ2v) is 5.03. The van der Waals surface area contributed by atoms with Crippen LogP contribution in [-0.2, 0) is 6.42 Å². The lowest BCUT2D eigenvalue weighted by atomic mass is 10.1. The molecule has 3 nitrogen and oxygen atoms in total. The largest absolute Gasteiger partial charge is 0.335 e. The van der Waals surface area contributed by atoms with Gasteiger partial charge in [0.1, 0.15) is 5.82 Å². The number of nitrogens with one attached hydrogen (secondary N) is 2. The summed E-state index contributed by atoms with van der Waals surface area (Å²) in [5.41, 5.74) is 1.83. The van der Waals surface area contributed by atoms with Gasteiger partial charge in [0, 0.05) is 11.7 Å². The van der Waals surface area contributed by atoms with Crippen LogP contribution in [0.5, 0.6) is 0 Å². The van der Waals surface area contributed by atoms with Crippen molar-refractivity contribution in [2.45, 2.75) is 25.8 Å². The first-order valence-corrected chi connectivity index (χ1v) is 7.00.